The van der Waals surface area contributed by atoms with E-state index >= 15 is 0 Å². The minimum absolute atomic E-state index is 0.00618. The Balaban J connectivity index is 2.40. The molecule has 0 aliphatic heterocycles. The van der Waals surface area contributed by atoms with Gasteiger partial charge in [-0.2, -0.15) is 5.26 Å². The molecule has 0 fully saturated rings. The second-order valence-corrected chi connectivity index (χ2v) is 5.94. The first-order chi connectivity index (χ1) is 12.0. The molecule has 0 bridgehead atoms. The molecule has 2 aromatic carbocycles. The van der Waals surface area contributed by atoms with Crippen molar-refractivity contribution in [3.63, 3.8) is 0 Å². The predicted octanol–water partition coefficient (Wildman–Crippen LogP) is 4.46. The Morgan fingerprint density at radius 1 is 1.24 bits per heavy atom. The molecule has 0 spiro atoms. The van der Waals surface area contributed by atoms with E-state index in [1.54, 1.807) is 12.3 Å². The quantitative estimate of drug-likeness (QED) is 0.560. The molecule has 2 rings (SSSR count). The minimum Gasteiger partial charge on any atom is -0.469 e. The Labute approximate surface area is 148 Å². The van der Waals surface area contributed by atoms with Gasteiger partial charge < -0.3 is 9.47 Å². The predicted molar refractivity (Wildman–Crippen MR) is 89.7 cm³/mol. The van der Waals surface area contributed by atoms with Crippen LogP contribution in [0.25, 0.3) is 0 Å². The smallest absolute Gasteiger partial charge is 0.305 e. The van der Waals surface area contributed by atoms with Gasteiger partial charge in [0.05, 0.1) is 18.7 Å². The van der Waals surface area contributed by atoms with Gasteiger partial charge in [-0.25, -0.2) is 8.78 Å². The molecule has 0 aliphatic rings. The van der Waals surface area contributed by atoms with E-state index in [0.717, 1.165) is 12.1 Å². The summed E-state index contributed by atoms with van der Waals surface area (Å²) in [6.07, 6.45) is 2.05. The van der Waals surface area contributed by atoms with Crippen molar-refractivity contribution < 1.29 is 23.0 Å². The van der Waals surface area contributed by atoms with Crippen molar-refractivity contribution in [2.24, 2.45) is 0 Å². The number of nitrogens with zero attached hydrogens (tertiary/aromatic N) is 1. The number of carbonyl (C=O) groups is 1. The molecule has 130 valence electrons. The summed E-state index contributed by atoms with van der Waals surface area (Å²) in [7, 11) is 1.27. The molecule has 0 radical (unpaired) electrons. The average molecular weight is 363 g/mol. The molecule has 7 heteroatoms. The summed E-state index contributed by atoms with van der Waals surface area (Å²) >= 11 is 1.35. The molecule has 2 aromatic rings. The van der Waals surface area contributed by atoms with Crippen molar-refractivity contribution in [2.75, 3.05) is 13.4 Å². The highest BCUT2D eigenvalue weighted by Gasteiger charge is 2.16. The van der Waals surface area contributed by atoms with Crippen LogP contribution in [0.4, 0.5) is 8.78 Å². The number of ether oxygens (including phenoxy) is 2. The van der Waals surface area contributed by atoms with E-state index in [4.69, 9.17) is 10.00 Å². The highest BCUT2D eigenvalue weighted by molar-refractivity contribution is 7.98. The Morgan fingerprint density at radius 2 is 2.00 bits per heavy atom. The van der Waals surface area contributed by atoms with Gasteiger partial charge in [0.2, 0.25) is 0 Å². The largest absolute Gasteiger partial charge is 0.469 e. The third kappa shape index (κ3) is 4.94. The molecule has 25 heavy (non-hydrogen) atoms. The lowest BCUT2D eigenvalue weighted by atomic mass is 10.1. The summed E-state index contributed by atoms with van der Waals surface area (Å²) in [6, 6.07) is 8.24. The number of benzene rings is 2. The molecule has 4 nitrogen and oxygen atoms in total. The summed E-state index contributed by atoms with van der Waals surface area (Å²) in [6.45, 7) is 0. The number of methoxy groups -OCH3 is 1. The van der Waals surface area contributed by atoms with Crippen LogP contribution in [0, 0.1) is 23.0 Å². The van der Waals surface area contributed by atoms with E-state index in [-0.39, 0.29) is 29.9 Å². The second kappa shape index (κ2) is 8.49. The van der Waals surface area contributed by atoms with Gasteiger partial charge in [-0.1, -0.05) is 0 Å². The molecule has 0 saturated carbocycles. The first-order valence-corrected chi connectivity index (χ1v) is 8.51. The van der Waals surface area contributed by atoms with Crippen LogP contribution in [0.2, 0.25) is 0 Å². The number of carbonyl (C=O) groups excluding carboxylic acids is 1. The monoisotopic (exact) mass is 363 g/mol. The van der Waals surface area contributed by atoms with Gasteiger partial charge in [-0.05, 0) is 42.5 Å². The number of hydrogen-bond acceptors (Lipinski definition) is 5. The van der Waals surface area contributed by atoms with E-state index in [0.29, 0.717) is 10.5 Å². The fourth-order valence-electron chi connectivity index (χ4n) is 2.18. The number of thioether (sulfide) groups is 1. The van der Waals surface area contributed by atoms with Crippen LogP contribution in [-0.2, 0) is 16.0 Å². The highest BCUT2D eigenvalue weighted by atomic mass is 32.2. The van der Waals surface area contributed by atoms with Crippen LogP contribution in [0.3, 0.4) is 0 Å². The van der Waals surface area contributed by atoms with Crippen molar-refractivity contribution in [3.8, 4) is 17.6 Å². The Kier molecular flexibility index (Phi) is 6.37. The van der Waals surface area contributed by atoms with Crippen molar-refractivity contribution in [3.05, 3.63) is 53.1 Å². The van der Waals surface area contributed by atoms with Crippen LogP contribution in [0.1, 0.15) is 17.5 Å². The van der Waals surface area contributed by atoms with Gasteiger partial charge in [0, 0.05) is 17.4 Å². The molecule has 0 amide bonds. The van der Waals surface area contributed by atoms with Crippen molar-refractivity contribution in [1.82, 2.24) is 0 Å². The Bertz CT molecular complexity index is 834. The maximum atomic E-state index is 14.5. The van der Waals surface area contributed by atoms with Gasteiger partial charge in [0.25, 0.3) is 0 Å². The van der Waals surface area contributed by atoms with Crippen LogP contribution in [0.15, 0.2) is 35.2 Å². The lowest BCUT2D eigenvalue weighted by molar-refractivity contribution is -0.140. The molecule has 0 aliphatic carbocycles. The first-order valence-electron chi connectivity index (χ1n) is 7.28. The third-order valence-electron chi connectivity index (χ3n) is 3.38. The third-order valence-corrected chi connectivity index (χ3v) is 4.08. The van der Waals surface area contributed by atoms with Gasteiger partial charge in [0.15, 0.2) is 11.6 Å². The number of nitriles is 1. The summed E-state index contributed by atoms with van der Waals surface area (Å²) in [4.78, 5) is 12.0. The summed E-state index contributed by atoms with van der Waals surface area (Å²) in [5.74, 6) is -1.82. The van der Waals surface area contributed by atoms with Gasteiger partial charge in [0.1, 0.15) is 11.6 Å². The zero-order valence-corrected chi connectivity index (χ0v) is 14.5. The van der Waals surface area contributed by atoms with Crippen molar-refractivity contribution >= 4 is 17.7 Å². The molecule has 0 aromatic heterocycles. The number of rotatable bonds is 6. The molecular weight excluding hydrogens is 348 g/mol. The molecule has 0 heterocycles. The van der Waals surface area contributed by atoms with E-state index in [9.17, 15) is 13.6 Å². The fourth-order valence-corrected chi connectivity index (χ4v) is 2.66. The number of hydrogen-bond donors (Lipinski definition) is 0. The molecule has 0 saturated heterocycles. The molecule has 0 unspecified atom stereocenters. The Hall–Kier alpha value is -2.59. The normalized spacial score (nSPS) is 10.2. The zero-order chi connectivity index (χ0) is 18.4. The maximum absolute atomic E-state index is 14.5. The SMILES string of the molecule is COC(=O)CCc1cc(SC)cc(F)c1Oc1cc(F)cc(C#N)c1. The summed E-state index contributed by atoms with van der Waals surface area (Å²) < 4.78 is 38.1. The van der Waals surface area contributed by atoms with Gasteiger partial charge in [-0.15, -0.1) is 11.8 Å². The van der Waals surface area contributed by atoms with Crippen molar-refractivity contribution in [2.45, 2.75) is 17.7 Å². The van der Waals surface area contributed by atoms with E-state index < -0.39 is 17.6 Å². The van der Waals surface area contributed by atoms with Crippen LogP contribution in [-0.4, -0.2) is 19.3 Å². The standard InChI is InChI=1S/C18H15F2NO3S/c1-23-17(22)4-3-12-7-15(25-2)9-16(20)18(12)24-14-6-11(10-21)5-13(19)8-14/h5-9H,3-4H2,1-2H3. The lowest BCUT2D eigenvalue weighted by Crippen LogP contribution is -2.04. The van der Waals surface area contributed by atoms with Gasteiger partial charge >= 0.3 is 5.97 Å². The fraction of sp³-hybridized carbons (Fsp3) is 0.222. The number of aryl methyl sites for hydroxylation is 1. The minimum atomic E-state index is -0.661. The maximum Gasteiger partial charge on any atom is 0.305 e. The van der Waals surface area contributed by atoms with Crippen molar-refractivity contribution in [1.29, 1.82) is 5.26 Å². The lowest BCUT2D eigenvalue weighted by Gasteiger charge is -2.14. The van der Waals surface area contributed by atoms with E-state index in [1.165, 1.54) is 31.0 Å². The molecular formula is C18H15F2NO3S. The number of esters is 1. The Morgan fingerprint density at radius 3 is 2.64 bits per heavy atom. The zero-order valence-electron chi connectivity index (χ0n) is 13.6. The molecule has 0 atom stereocenters. The summed E-state index contributed by atoms with van der Waals surface area (Å²) in [5, 5.41) is 8.90. The summed E-state index contributed by atoms with van der Waals surface area (Å²) in [5.41, 5.74) is 0.518. The van der Waals surface area contributed by atoms with Gasteiger partial charge in [-0.3, -0.25) is 4.79 Å². The second-order valence-electron chi connectivity index (χ2n) is 5.06. The topological polar surface area (TPSA) is 59.3 Å². The van der Waals surface area contributed by atoms with E-state index in [1.807, 2.05) is 6.07 Å². The van der Waals surface area contributed by atoms with Crippen LogP contribution < -0.4 is 4.74 Å². The average Bonchev–Trinajstić information content (AvgIpc) is 2.60. The van der Waals surface area contributed by atoms with Crippen LogP contribution >= 0.6 is 11.8 Å². The van der Waals surface area contributed by atoms with Crippen LogP contribution in [0.5, 0.6) is 11.5 Å². The first kappa shape index (κ1) is 18.7. The number of halogens is 2. The highest BCUT2D eigenvalue weighted by Crippen LogP contribution is 2.33. The van der Waals surface area contributed by atoms with E-state index in [2.05, 4.69) is 4.74 Å². The molecule has 0 N–H and O–H groups in total.